The van der Waals surface area contributed by atoms with Crippen LogP contribution in [0.3, 0.4) is 0 Å². The van der Waals surface area contributed by atoms with Crippen LogP contribution in [0.15, 0.2) is 35.1 Å². The second-order valence-corrected chi connectivity index (χ2v) is 6.00. The summed E-state index contributed by atoms with van der Waals surface area (Å²) in [5.74, 6) is -0.209. The molecule has 3 rings (SSSR count). The van der Waals surface area contributed by atoms with E-state index in [9.17, 15) is 9.59 Å². The summed E-state index contributed by atoms with van der Waals surface area (Å²) < 4.78 is 6.98. The van der Waals surface area contributed by atoms with Gasteiger partial charge in [-0.25, -0.2) is 0 Å². The SMILES string of the molecule is Cc1cc(CCNC(=O)c2ccc(=O)n3c2COCC3)ccc1C#N. The molecule has 1 N–H and O–H groups in total. The van der Waals surface area contributed by atoms with Gasteiger partial charge in [0.05, 0.1) is 36.1 Å². The molecule has 0 saturated carbocycles. The van der Waals surface area contributed by atoms with Crippen molar-refractivity contribution in [3.8, 4) is 6.07 Å². The van der Waals surface area contributed by atoms with Gasteiger partial charge < -0.3 is 14.6 Å². The number of nitrogens with one attached hydrogen (secondary N) is 1. The Hall–Kier alpha value is -2.91. The Bertz CT molecular complexity index is 909. The quantitative estimate of drug-likeness (QED) is 0.917. The van der Waals surface area contributed by atoms with Crippen LogP contribution in [0.5, 0.6) is 0 Å². The number of fused-ring (bicyclic) bond motifs is 1. The van der Waals surface area contributed by atoms with Gasteiger partial charge in [0.15, 0.2) is 0 Å². The molecule has 25 heavy (non-hydrogen) atoms. The molecule has 1 aromatic carbocycles. The lowest BCUT2D eigenvalue weighted by Crippen LogP contribution is -2.34. The van der Waals surface area contributed by atoms with Gasteiger partial charge in [0.2, 0.25) is 0 Å². The van der Waals surface area contributed by atoms with E-state index < -0.39 is 0 Å². The summed E-state index contributed by atoms with van der Waals surface area (Å²) in [6.07, 6.45) is 0.670. The molecular formula is C19H19N3O3. The first-order chi connectivity index (χ1) is 12.1. The number of nitrogens with zero attached hydrogens (tertiary/aromatic N) is 2. The lowest BCUT2D eigenvalue weighted by atomic mass is 10.0. The summed E-state index contributed by atoms with van der Waals surface area (Å²) in [7, 11) is 0. The zero-order valence-corrected chi connectivity index (χ0v) is 14.0. The van der Waals surface area contributed by atoms with Gasteiger partial charge in [0.1, 0.15) is 0 Å². The fourth-order valence-electron chi connectivity index (χ4n) is 2.97. The molecule has 1 amide bonds. The second-order valence-electron chi connectivity index (χ2n) is 6.00. The van der Waals surface area contributed by atoms with Crippen molar-refractivity contribution in [1.82, 2.24) is 9.88 Å². The van der Waals surface area contributed by atoms with Crippen molar-refractivity contribution in [1.29, 1.82) is 5.26 Å². The number of hydrogen-bond donors (Lipinski definition) is 1. The highest BCUT2D eigenvalue weighted by Gasteiger charge is 2.18. The summed E-state index contributed by atoms with van der Waals surface area (Å²) in [4.78, 5) is 24.3. The maximum Gasteiger partial charge on any atom is 0.253 e. The number of aryl methyl sites for hydroxylation is 1. The summed E-state index contributed by atoms with van der Waals surface area (Å²) >= 11 is 0. The second kappa shape index (κ2) is 7.32. The molecule has 0 atom stereocenters. The molecule has 0 bridgehead atoms. The minimum atomic E-state index is -0.209. The average molecular weight is 337 g/mol. The number of ether oxygens (including phenoxy) is 1. The maximum atomic E-state index is 12.5. The lowest BCUT2D eigenvalue weighted by molar-refractivity contribution is 0.0786. The van der Waals surface area contributed by atoms with Gasteiger partial charge in [-0.1, -0.05) is 12.1 Å². The first-order valence-corrected chi connectivity index (χ1v) is 8.18. The number of carbonyl (C=O) groups excluding carboxylic acids is 1. The van der Waals surface area contributed by atoms with E-state index in [0.717, 1.165) is 11.1 Å². The topological polar surface area (TPSA) is 84.1 Å². The molecule has 0 spiro atoms. The van der Waals surface area contributed by atoms with E-state index in [0.29, 0.717) is 42.9 Å². The molecule has 0 radical (unpaired) electrons. The summed E-state index contributed by atoms with van der Waals surface area (Å²) in [6, 6.07) is 10.8. The van der Waals surface area contributed by atoms with Crippen LogP contribution in [0.1, 0.15) is 32.7 Å². The van der Waals surface area contributed by atoms with Crippen molar-refractivity contribution in [2.75, 3.05) is 13.2 Å². The molecule has 128 valence electrons. The van der Waals surface area contributed by atoms with Crippen LogP contribution in [-0.2, 0) is 24.3 Å². The average Bonchev–Trinajstić information content (AvgIpc) is 2.62. The van der Waals surface area contributed by atoms with Gasteiger partial charge in [-0.05, 0) is 36.6 Å². The lowest BCUT2D eigenvalue weighted by Gasteiger charge is -2.21. The van der Waals surface area contributed by atoms with Crippen molar-refractivity contribution < 1.29 is 9.53 Å². The molecule has 6 nitrogen and oxygen atoms in total. The number of carbonyl (C=O) groups is 1. The van der Waals surface area contributed by atoms with Gasteiger partial charge in [0, 0.05) is 19.2 Å². The van der Waals surface area contributed by atoms with Crippen LogP contribution in [0, 0.1) is 18.3 Å². The Morgan fingerprint density at radius 1 is 1.36 bits per heavy atom. The number of pyridine rings is 1. The number of rotatable bonds is 4. The normalized spacial score (nSPS) is 13.0. The Labute approximate surface area is 145 Å². The van der Waals surface area contributed by atoms with Crippen LogP contribution in [0.2, 0.25) is 0 Å². The van der Waals surface area contributed by atoms with Crippen LogP contribution in [0.4, 0.5) is 0 Å². The molecule has 2 heterocycles. The highest BCUT2D eigenvalue weighted by molar-refractivity contribution is 5.95. The molecule has 6 heteroatoms. The van der Waals surface area contributed by atoms with Crippen molar-refractivity contribution in [3.63, 3.8) is 0 Å². The number of benzene rings is 1. The van der Waals surface area contributed by atoms with Gasteiger partial charge in [-0.3, -0.25) is 9.59 Å². The van der Waals surface area contributed by atoms with Crippen LogP contribution >= 0.6 is 0 Å². The molecule has 0 fully saturated rings. The third-order valence-electron chi connectivity index (χ3n) is 4.35. The minimum absolute atomic E-state index is 0.108. The van der Waals surface area contributed by atoms with Crippen molar-refractivity contribution in [2.45, 2.75) is 26.5 Å². The van der Waals surface area contributed by atoms with E-state index in [1.54, 1.807) is 16.7 Å². The fraction of sp³-hybridized carbons (Fsp3) is 0.316. The number of amides is 1. The molecule has 1 aliphatic rings. The monoisotopic (exact) mass is 337 g/mol. The predicted octanol–water partition coefficient (Wildman–Crippen LogP) is 1.53. The van der Waals surface area contributed by atoms with E-state index in [1.165, 1.54) is 6.07 Å². The van der Waals surface area contributed by atoms with E-state index in [-0.39, 0.29) is 18.1 Å². The van der Waals surface area contributed by atoms with E-state index in [1.807, 2.05) is 19.1 Å². The van der Waals surface area contributed by atoms with Gasteiger partial charge in [-0.15, -0.1) is 0 Å². The predicted molar refractivity (Wildman–Crippen MR) is 92.3 cm³/mol. The zero-order valence-electron chi connectivity index (χ0n) is 14.0. The molecule has 0 saturated heterocycles. The van der Waals surface area contributed by atoms with Gasteiger partial charge in [-0.2, -0.15) is 5.26 Å². The Morgan fingerprint density at radius 2 is 2.20 bits per heavy atom. The van der Waals surface area contributed by atoms with Crippen LogP contribution in [0.25, 0.3) is 0 Å². The van der Waals surface area contributed by atoms with E-state index >= 15 is 0 Å². The van der Waals surface area contributed by atoms with Gasteiger partial charge in [0.25, 0.3) is 11.5 Å². The summed E-state index contributed by atoms with van der Waals surface area (Å²) in [5.41, 5.74) is 3.66. The third kappa shape index (κ3) is 3.62. The molecule has 1 aliphatic heterocycles. The fourth-order valence-corrected chi connectivity index (χ4v) is 2.97. The minimum Gasteiger partial charge on any atom is -0.373 e. The largest absolute Gasteiger partial charge is 0.373 e. The van der Waals surface area contributed by atoms with E-state index in [2.05, 4.69) is 11.4 Å². The maximum absolute atomic E-state index is 12.5. The van der Waals surface area contributed by atoms with Crippen molar-refractivity contribution in [2.24, 2.45) is 0 Å². The molecule has 1 aromatic heterocycles. The van der Waals surface area contributed by atoms with Crippen LogP contribution in [-0.4, -0.2) is 23.6 Å². The Balaban J connectivity index is 1.67. The standard InChI is InChI=1S/C19H19N3O3/c1-13-10-14(2-3-15(13)11-20)6-7-21-19(24)16-4-5-18(23)22-8-9-25-12-17(16)22/h2-5,10H,6-9,12H2,1H3,(H,21,24). The summed E-state index contributed by atoms with van der Waals surface area (Å²) in [5, 5.41) is 11.8. The smallest absolute Gasteiger partial charge is 0.253 e. The molecular weight excluding hydrogens is 318 g/mol. The number of nitriles is 1. The highest BCUT2D eigenvalue weighted by Crippen LogP contribution is 2.13. The summed E-state index contributed by atoms with van der Waals surface area (Å²) in [6.45, 7) is 3.60. The van der Waals surface area contributed by atoms with Crippen LogP contribution < -0.4 is 10.9 Å². The highest BCUT2D eigenvalue weighted by atomic mass is 16.5. The van der Waals surface area contributed by atoms with Gasteiger partial charge >= 0.3 is 0 Å². The zero-order chi connectivity index (χ0) is 17.8. The number of aromatic nitrogens is 1. The van der Waals surface area contributed by atoms with Crippen molar-refractivity contribution in [3.05, 3.63) is 68.6 Å². The van der Waals surface area contributed by atoms with E-state index in [4.69, 9.17) is 10.00 Å². The number of hydrogen-bond acceptors (Lipinski definition) is 4. The first kappa shape index (κ1) is 16.9. The molecule has 2 aromatic rings. The Kier molecular flexibility index (Phi) is 4.96. The molecule has 0 unspecified atom stereocenters. The Morgan fingerprint density at radius 3 is 2.96 bits per heavy atom. The van der Waals surface area contributed by atoms with Crippen molar-refractivity contribution >= 4 is 5.91 Å². The first-order valence-electron chi connectivity index (χ1n) is 8.18. The molecule has 0 aliphatic carbocycles. The third-order valence-corrected chi connectivity index (χ3v) is 4.35.